The molecule has 148 valence electrons. The van der Waals surface area contributed by atoms with E-state index in [1.54, 1.807) is 29.7 Å². The van der Waals surface area contributed by atoms with Crippen molar-refractivity contribution in [3.63, 3.8) is 0 Å². The van der Waals surface area contributed by atoms with Gasteiger partial charge in [0, 0.05) is 30.0 Å². The molecule has 28 heavy (non-hydrogen) atoms. The molecule has 8 heteroatoms. The average molecular weight is 402 g/mol. The number of rotatable bonds is 6. The van der Waals surface area contributed by atoms with Crippen LogP contribution in [0.4, 0.5) is 5.69 Å². The van der Waals surface area contributed by atoms with Crippen LogP contribution in [0.25, 0.3) is 0 Å². The molecule has 0 aliphatic carbocycles. The van der Waals surface area contributed by atoms with E-state index in [-0.39, 0.29) is 31.2 Å². The van der Waals surface area contributed by atoms with Gasteiger partial charge in [-0.3, -0.25) is 9.59 Å². The first-order chi connectivity index (χ1) is 13.5. The number of hydrogen-bond donors (Lipinski definition) is 1. The molecule has 2 amide bonds. The fourth-order valence-electron chi connectivity index (χ4n) is 3.00. The van der Waals surface area contributed by atoms with Crippen LogP contribution in [0.5, 0.6) is 0 Å². The summed E-state index contributed by atoms with van der Waals surface area (Å²) in [6, 6.07) is 9.34. The zero-order valence-electron chi connectivity index (χ0n) is 15.8. The van der Waals surface area contributed by atoms with E-state index >= 15 is 0 Å². The average Bonchev–Trinajstić information content (AvgIpc) is 3.10. The van der Waals surface area contributed by atoms with Gasteiger partial charge in [0.15, 0.2) is 0 Å². The number of methoxy groups -OCH3 is 1. The first kappa shape index (κ1) is 20.0. The first-order valence-electron chi connectivity index (χ1n) is 8.96. The highest BCUT2D eigenvalue weighted by molar-refractivity contribution is 7.99. The molecule has 0 bridgehead atoms. The molecule has 0 saturated carbocycles. The second kappa shape index (κ2) is 8.97. The number of thioether (sulfide) groups is 1. The number of amides is 2. The van der Waals surface area contributed by atoms with E-state index in [1.165, 1.54) is 7.11 Å². The minimum atomic E-state index is -0.482. The lowest BCUT2D eigenvalue weighted by atomic mass is 10.2. The van der Waals surface area contributed by atoms with E-state index in [0.717, 1.165) is 16.3 Å². The van der Waals surface area contributed by atoms with Gasteiger partial charge in [-0.05, 0) is 25.1 Å². The van der Waals surface area contributed by atoms with Gasteiger partial charge in [0.1, 0.15) is 17.1 Å². The maximum atomic E-state index is 12.6. The summed E-state index contributed by atoms with van der Waals surface area (Å²) in [5.74, 6) is 0.943. The Balaban J connectivity index is 1.50. The normalized spacial score (nSPS) is 13.0. The lowest BCUT2D eigenvalue weighted by Gasteiger charge is -2.29. The van der Waals surface area contributed by atoms with Crippen LogP contribution in [-0.4, -0.2) is 37.2 Å². The van der Waals surface area contributed by atoms with Crippen molar-refractivity contribution in [3.05, 3.63) is 47.4 Å². The summed E-state index contributed by atoms with van der Waals surface area (Å²) in [4.78, 5) is 39.1. The van der Waals surface area contributed by atoms with Crippen LogP contribution in [0, 0.1) is 6.92 Å². The minimum absolute atomic E-state index is 0.0651. The number of para-hydroxylation sites is 1. The number of carbonyl (C=O) groups is 3. The van der Waals surface area contributed by atoms with Crippen molar-refractivity contribution in [3.8, 4) is 0 Å². The molecular formula is C20H22N2O5S. The Morgan fingerprint density at radius 3 is 2.82 bits per heavy atom. The third kappa shape index (κ3) is 4.56. The summed E-state index contributed by atoms with van der Waals surface area (Å²) in [7, 11) is 1.30. The highest BCUT2D eigenvalue weighted by Crippen LogP contribution is 2.34. The topological polar surface area (TPSA) is 88.8 Å². The van der Waals surface area contributed by atoms with Crippen LogP contribution in [0.15, 0.2) is 39.6 Å². The van der Waals surface area contributed by atoms with Gasteiger partial charge in [-0.25, -0.2) is 4.79 Å². The maximum absolute atomic E-state index is 12.6. The van der Waals surface area contributed by atoms with Crippen LogP contribution < -0.4 is 10.2 Å². The molecule has 0 spiro atoms. The molecule has 1 aliphatic rings. The number of furan rings is 1. The van der Waals surface area contributed by atoms with Crippen molar-refractivity contribution >= 4 is 35.2 Å². The predicted octanol–water partition coefficient (Wildman–Crippen LogP) is 2.91. The summed E-state index contributed by atoms with van der Waals surface area (Å²) >= 11 is 1.73. The van der Waals surface area contributed by atoms with Gasteiger partial charge in [-0.15, -0.1) is 11.8 Å². The molecule has 0 radical (unpaired) electrons. The number of esters is 1. The summed E-state index contributed by atoms with van der Waals surface area (Å²) in [5, 5.41) is 2.71. The van der Waals surface area contributed by atoms with E-state index in [0.29, 0.717) is 23.6 Å². The lowest BCUT2D eigenvalue weighted by Crippen LogP contribution is -2.36. The second-order valence-corrected chi connectivity index (χ2v) is 7.45. The SMILES string of the molecule is COC(=O)c1cc(CNC(=O)CCC(=O)N2CCSc3ccccc32)oc1C. The van der Waals surface area contributed by atoms with Gasteiger partial charge in [0.2, 0.25) is 11.8 Å². The zero-order valence-corrected chi connectivity index (χ0v) is 16.6. The van der Waals surface area contributed by atoms with E-state index in [4.69, 9.17) is 4.42 Å². The third-order valence-electron chi connectivity index (χ3n) is 4.43. The molecule has 1 aliphatic heterocycles. The van der Waals surface area contributed by atoms with E-state index in [9.17, 15) is 14.4 Å². The largest absolute Gasteiger partial charge is 0.465 e. The zero-order chi connectivity index (χ0) is 20.1. The van der Waals surface area contributed by atoms with Crippen LogP contribution in [0.1, 0.15) is 34.7 Å². The van der Waals surface area contributed by atoms with Crippen molar-refractivity contribution < 1.29 is 23.5 Å². The highest BCUT2D eigenvalue weighted by atomic mass is 32.2. The molecule has 7 nitrogen and oxygen atoms in total. The smallest absolute Gasteiger partial charge is 0.341 e. The van der Waals surface area contributed by atoms with E-state index in [2.05, 4.69) is 10.1 Å². The molecule has 1 N–H and O–H groups in total. The molecule has 0 unspecified atom stereocenters. The Bertz CT molecular complexity index is 892. The number of aryl methyl sites for hydroxylation is 1. The number of ether oxygens (including phenoxy) is 1. The monoisotopic (exact) mass is 402 g/mol. The Morgan fingerprint density at radius 1 is 1.25 bits per heavy atom. The van der Waals surface area contributed by atoms with Gasteiger partial charge in [0.25, 0.3) is 0 Å². The van der Waals surface area contributed by atoms with Crippen molar-refractivity contribution in [2.45, 2.75) is 31.2 Å². The third-order valence-corrected chi connectivity index (χ3v) is 5.47. The summed E-state index contributed by atoms with van der Waals surface area (Å²) in [6.07, 6.45) is 0.226. The molecule has 3 rings (SSSR count). The van der Waals surface area contributed by atoms with Gasteiger partial charge < -0.3 is 19.4 Å². The van der Waals surface area contributed by atoms with Crippen LogP contribution >= 0.6 is 11.8 Å². The van der Waals surface area contributed by atoms with Crippen molar-refractivity contribution in [1.82, 2.24) is 5.32 Å². The first-order valence-corrected chi connectivity index (χ1v) is 9.94. The van der Waals surface area contributed by atoms with Gasteiger partial charge >= 0.3 is 5.97 Å². The quantitative estimate of drug-likeness (QED) is 0.748. The van der Waals surface area contributed by atoms with Gasteiger partial charge in [-0.2, -0.15) is 0 Å². The minimum Gasteiger partial charge on any atom is -0.465 e. The van der Waals surface area contributed by atoms with Crippen LogP contribution in [0.2, 0.25) is 0 Å². The number of anilines is 1. The summed E-state index contributed by atoms with van der Waals surface area (Å²) in [6.45, 7) is 2.45. The number of hydrogen-bond acceptors (Lipinski definition) is 6. The van der Waals surface area contributed by atoms with Gasteiger partial charge in [-0.1, -0.05) is 12.1 Å². The molecule has 1 aromatic heterocycles. The van der Waals surface area contributed by atoms with Crippen LogP contribution in [0.3, 0.4) is 0 Å². The number of fused-ring (bicyclic) bond motifs is 1. The highest BCUT2D eigenvalue weighted by Gasteiger charge is 2.23. The molecule has 0 saturated heterocycles. The summed E-state index contributed by atoms with van der Waals surface area (Å²) < 4.78 is 10.1. The number of nitrogens with zero attached hydrogens (tertiary/aromatic N) is 1. The second-order valence-electron chi connectivity index (χ2n) is 6.31. The fraction of sp³-hybridized carbons (Fsp3) is 0.350. The Labute approximate surface area is 167 Å². The molecule has 2 heterocycles. The Kier molecular flexibility index (Phi) is 6.41. The van der Waals surface area contributed by atoms with Gasteiger partial charge in [0.05, 0.1) is 19.3 Å². The lowest BCUT2D eigenvalue weighted by molar-refractivity contribution is -0.125. The Morgan fingerprint density at radius 2 is 2.04 bits per heavy atom. The molecular weight excluding hydrogens is 380 g/mol. The standard InChI is InChI=1S/C20H22N2O5S/c1-13-15(20(25)26-2)11-14(27-13)12-21-18(23)7-8-19(24)22-9-10-28-17-6-4-3-5-16(17)22/h3-6,11H,7-10,12H2,1-2H3,(H,21,23). The molecule has 0 fully saturated rings. The van der Waals surface area contributed by atoms with E-state index in [1.807, 2.05) is 24.3 Å². The van der Waals surface area contributed by atoms with E-state index < -0.39 is 5.97 Å². The number of benzene rings is 1. The van der Waals surface area contributed by atoms with Crippen molar-refractivity contribution in [1.29, 1.82) is 0 Å². The van der Waals surface area contributed by atoms with Crippen molar-refractivity contribution in [2.24, 2.45) is 0 Å². The molecule has 2 aromatic rings. The summed E-state index contributed by atoms with van der Waals surface area (Å²) in [5.41, 5.74) is 1.24. The fourth-order valence-corrected chi connectivity index (χ4v) is 4.00. The molecule has 0 atom stereocenters. The Hall–Kier alpha value is -2.74. The van der Waals surface area contributed by atoms with Crippen molar-refractivity contribution in [2.75, 3.05) is 24.3 Å². The predicted molar refractivity (Wildman–Crippen MR) is 105 cm³/mol. The van der Waals surface area contributed by atoms with Crippen LogP contribution in [-0.2, 0) is 20.9 Å². The number of carbonyl (C=O) groups excluding carboxylic acids is 3. The molecule has 1 aromatic carbocycles. The maximum Gasteiger partial charge on any atom is 0.341 e. The number of nitrogens with one attached hydrogen (secondary N) is 1.